The summed E-state index contributed by atoms with van der Waals surface area (Å²) in [6.45, 7) is 0. The lowest BCUT2D eigenvalue weighted by Gasteiger charge is -2.02. The third kappa shape index (κ3) is 4.76. The van der Waals surface area contributed by atoms with Crippen LogP contribution in [0.1, 0.15) is 16.1 Å². The number of carbonyl (C=O) groups excluding carboxylic acids is 2. The number of hydrogen-bond donors (Lipinski definition) is 2. The quantitative estimate of drug-likeness (QED) is 0.451. The highest BCUT2D eigenvalue weighted by atomic mass is 32.1. The van der Waals surface area contributed by atoms with Crippen LogP contribution in [-0.2, 0) is 11.2 Å². The highest BCUT2D eigenvalue weighted by Gasteiger charge is 2.15. The number of hydrogen-bond acceptors (Lipinski definition) is 6. The van der Waals surface area contributed by atoms with Gasteiger partial charge in [-0.05, 0) is 12.1 Å². The summed E-state index contributed by atoms with van der Waals surface area (Å²) in [6, 6.07) is 15.4. The molecule has 2 aromatic heterocycles. The molecule has 0 bridgehead atoms. The van der Waals surface area contributed by atoms with Gasteiger partial charge in [0.2, 0.25) is 5.91 Å². The van der Waals surface area contributed by atoms with Crippen molar-refractivity contribution in [3.05, 3.63) is 82.4 Å². The van der Waals surface area contributed by atoms with Gasteiger partial charge >= 0.3 is 0 Å². The van der Waals surface area contributed by atoms with Crippen molar-refractivity contribution in [1.29, 1.82) is 0 Å². The van der Waals surface area contributed by atoms with Crippen LogP contribution in [0.15, 0.2) is 65.4 Å². The summed E-state index contributed by atoms with van der Waals surface area (Å²) in [5.74, 6) is -1.46. The molecule has 4 aromatic rings. The topological polar surface area (TPSA) is 84.0 Å². The third-order valence-electron chi connectivity index (χ3n) is 4.05. The molecule has 30 heavy (non-hydrogen) atoms. The van der Waals surface area contributed by atoms with Gasteiger partial charge in [0.05, 0.1) is 23.4 Å². The minimum Gasteiger partial charge on any atom is -0.302 e. The van der Waals surface area contributed by atoms with Gasteiger partial charge in [-0.15, -0.1) is 22.7 Å². The van der Waals surface area contributed by atoms with Crippen LogP contribution in [0.3, 0.4) is 0 Å². The van der Waals surface area contributed by atoms with Crippen LogP contribution in [0, 0.1) is 5.82 Å². The van der Waals surface area contributed by atoms with E-state index in [-0.39, 0.29) is 17.9 Å². The molecular formula is C21H15FN4O2S2. The average molecular weight is 439 g/mol. The van der Waals surface area contributed by atoms with E-state index in [9.17, 15) is 14.0 Å². The number of carbonyl (C=O) groups is 2. The molecule has 6 nitrogen and oxygen atoms in total. The summed E-state index contributed by atoms with van der Waals surface area (Å²) in [4.78, 5) is 33.1. The second-order valence-electron chi connectivity index (χ2n) is 6.21. The first-order valence-electron chi connectivity index (χ1n) is 8.89. The first-order valence-corrected chi connectivity index (χ1v) is 10.7. The maximum absolute atomic E-state index is 13.7. The van der Waals surface area contributed by atoms with Crippen LogP contribution < -0.4 is 10.6 Å². The molecule has 2 aromatic carbocycles. The van der Waals surface area contributed by atoms with Gasteiger partial charge in [-0.3, -0.25) is 14.9 Å². The van der Waals surface area contributed by atoms with Crippen molar-refractivity contribution in [2.45, 2.75) is 6.42 Å². The van der Waals surface area contributed by atoms with Gasteiger partial charge in [-0.1, -0.05) is 42.5 Å². The Labute approximate surface area is 179 Å². The first-order chi connectivity index (χ1) is 14.6. The average Bonchev–Trinajstić information content (AvgIpc) is 3.38. The van der Waals surface area contributed by atoms with Crippen LogP contribution >= 0.6 is 22.7 Å². The van der Waals surface area contributed by atoms with Crippen molar-refractivity contribution in [2.75, 3.05) is 10.6 Å². The molecular weight excluding hydrogens is 423 g/mol. The predicted molar refractivity (Wildman–Crippen MR) is 116 cm³/mol. The van der Waals surface area contributed by atoms with E-state index < -0.39 is 11.7 Å². The molecule has 9 heteroatoms. The van der Waals surface area contributed by atoms with Crippen molar-refractivity contribution in [3.8, 4) is 11.3 Å². The summed E-state index contributed by atoms with van der Waals surface area (Å²) in [5, 5.41) is 9.66. The van der Waals surface area contributed by atoms with Crippen LogP contribution in [0.4, 0.5) is 14.7 Å². The van der Waals surface area contributed by atoms with E-state index in [2.05, 4.69) is 20.6 Å². The Balaban J connectivity index is 1.35. The summed E-state index contributed by atoms with van der Waals surface area (Å²) >= 11 is 2.51. The molecule has 0 fully saturated rings. The number of amides is 2. The Morgan fingerprint density at radius 1 is 0.867 bits per heavy atom. The van der Waals surface area contributed by atoms with Gasteiger partial charge in [0.25, 0.3) is 5.91 Å². The fourth-order valence-corrected chi connectivity index (χ4v) is 4.10. The Morgan fingerprint density at radius 2 is 1.57 bits per heavy atom. The summed E-state index contributed by atoms with van der Waals surface area (Å²) < 4.78 is 13.7. The van der Waals surface area contributed by atoms with E-state index >= 15 is 0 Å². The largest absolute Gasteiger partial charge is 0.302 e. The minimum atomic E-state index is -0.607. The molecule has 0 aliphatic heterocycles. The van der Waals surface area contributed by atoms with E-state index in [4.69, 9.17) is 0 Å². The molecule has 0 aliphatic carbocycles. The molecule has 0 spiro atoms. The number of halogens is 1. The van der Waals surface area contributed by atoms with E-state index in [0.29, 0.717) is 16.0 Å². The van der Waals surface area contributed by atoms with Gasteiger partial charge in [0, 0.05) is 16.3 Å². The maximum Gasteiger partial charge on any atom is 0.260 e. The van der Waals surface area contributed by atoms with Gasteiger partial charge in [-0.2, -0.15) is 0 Å². The molecule has 0 saturated heterocycles. The molecule has 0 atom stereocenters. The highest BCUT2D eigenvalue weighted by molar-refractivity contribution is 7.14. The first kappa shape index (κ1) is 19.9. The van der Waals surface area contributed by atoms with Gasteiger partial charge in [0.1, 0.15) is 5.82 Å². The van der Waals surface area contributed by atoms with Crippen LogP contribution in [-0.4, -0.2) is 21.8 Å². The standard InChI is InChI=1S/C21H15FN4O2S2/c22-16-9-5-4-8-15(16)19(28)26-20-23-14(11-29-20)10-18(27)25-21-24-17(12-30-21)13-6-2-1-3-7-13/h1-9,11-12H,10H2,(H,23,26,28)(H,24,25,27). The lowest BCUT2D eigenvalue weighted by atomic mass is 10.2. The van der Waals surface area contributed by atoms with Crippen molar-refractivity contribution in [3.63, 3.8) is 0 Å². The molecule has 150 valence electrons. The number of aromatic nitrogens is 2. The van der Waals surface area contributed by atoms with Gasteiger partial charge in [-0.25, -0.2) is 14.4 Å². The second-order valence-corrected chi connectivity index (χ2v) is 7.92. The Morgan fingerprint density at radius 3 is 2.37 bits per heavy atom. The van der Waals surface area contributed by atoms with Crippen LogP contribution in [0.25, 0.3) is 11.3 Å². The fraction of sp³-hybridized carbons (Fsp3) is 0.0476. The molecule has 2 heterocycles. The highest BCUT2D eigenvalue weighted by Crippen LogP contribution is 2.25. The van der Waals surface area contributed by atoms with Gasteiger partial charge in [0.15, 0.2) is 10.3 Å². The Hall–Kier alpha value is -3.43. The molecule has 0 radical (unpaired) electrons. The summed E-state index contributed by atoms with van der Waals surface area (Å²) in [7, 11) is 0. The zero-order valence-electron chi connectivity index (χ0n) is 15.5. The molecule has 2 amide bonds. The number of nitrogens with zero attached hydrogens (tertiary/aromatic N) is 2. The number of thiazole rings is 2. The van der Waals surface area contributed by atoms with Crippen molar-refractivity contribution < 1.29 is 14.0 Å². The molecule has 0 saturated carbocycles. The van der Waals surface area contributed by atoms with E-state index in [1.54, 1.807) is 11.4 Å². The lowest BCUT2D eigenvalue weighted by molar-refractivity contribution is -0.115. The van der Waals surface area contributed by atoms with E-state index in [1.807, 2.05) is 35.7 Å². The second kappa shape index (κ2) is 8.93. The molecule has 4 rings (SSSR count). The SMILES string of the molecule is O=C(Cc1csc(NC(=O)c2ccccc2F)n1)Nc1nc(-c2ccccc2)cs1. The van der Waals surface area contributed by atoms with Crippen molar-refractivity contribution in [2.24, 2.45) is 0 Å². The number of anilines is 2. The normalized spacial score (nSPS) is 10.6. The molecule has 2 N–H and O–H groups in total. The van der Waals surface area contributed by atoms with E-state index in [1.165, 1.54) is 40.9 Å². The monoisotopic (exact) mass is 438 g/mol. The molecule has 0 aliphatic rings. The lowest BCUT2D eigenvalue weighted by Crippen LogP contribution is -2.15. The minimum absolute atomic E-state index is 0.0340. The van der Waals surface area contributed by atoms with Crippen molar-refractivity contribution >= 4 is 44.8 Å². The van der Waals surface area contributed by atoms with E-state index in [0.717, 1.165) is 11.3 Å². The number of rotatable bonds is 6. The summed E-state index contributed by atoms with van der Waals surface area (Å²) in [5.41, 5.74) is 2.21. The fourth-order valence-electron chi connectivity index (χ4n) is 2.66. The smallest absolute Gasteiger partial charge is 0.260 e. The molecule has 0 unspecified atom stereocenters. The van der Waals surface area contributed by atoms with Crippen LogP contribution in [0.2, 0.25) is 0 Å². The zero-order valence-corrected chi connectivity index (χ0v) is 17.1. The Bertz CT molecular complexity index is 1190. The third-order valence-corrected chi connectivity index (χ3v) is 5.62. The van der Waals surface area contributed by atoms with Crippen molar-refractivity contribution in [1.82, 2.24) is 9.97 Å². The van der Waals surface area contributed by atoms with Gasteiger partial charge < -0.3 is 5.32 Å². The predicted octanol–water partition coefficient (Wildman–Crippen LogP) is 4.84. The zero-order chi connectivity index (χ0) is 20.9. The maximum atomic E-state index is 13.7. The Kier molecular flexibility index (Phi) is 5.92. The van der Waals surface area contributed by atoms with Crippen LogP contribution in [0.5, 0.6) is 0 Å². The summed E-state index contributed by atoms with van der Waals surface area (Å²) in [6.07, 6.45) is 0.0340. The number of nitrogens with one attached hydrogen (secondary N) is 2. The number of benzene rings is 2.